The minimum absolute atomic E-state index is 0.0241. The summed E-state index contributed by atoms with van der Waals surface area (Å²) in [6.45, 7) is 0. The number of amides is 1. The Morgan fingerprint density at radius 2 is 1.83 bits per heavy atom. The number of fused-ring (bicyclic) bond motifs is 1. The first kappa shape index (κ1) is 21.0. The molecule has 2 aromatic carbocycles. The molecule has 0 saturated heterocycles. The van der Waals surface area contributed by atoms with Crippen LogP contribution in [0.3, 0.4) is 0 Å². The second-order valence-electron chi connectivity index (χ2n) is 6.60. The van der Waals surface area contributed by atoms with E-state index in [1.54, 1.807) is 18.2 Å². The van der Waals surface area contributed by atoms with Gasteiger partial charge in [-0.15, -0.1) is 0 Å². The van der Waals surface area contributed by atoms with E-state index in [0.717, 1.165) is 0 Å². The first-order valence-corrected chi connectivity index (χ1v) is 9.12. The first-order chi connectivity index (χ1) is 14.4. The largest absolute Gasteiger partial charge is 0.497 e. The molecule has 0 saturated carbocycles. The molecule has 0 spiro atoms. The molecule has 1 heterocycles. The number of carbonyl (C=O) groups excluding carboxylic acids is 2. The third-order valence-corrected chi connectivity index (χ3v) is 4.56. The highest BCUT2D eigenvalue weighted by molar-refractivity contribution is 5.87. The number of hydrogen-bond donors (Lipinski definition) is 1. The van der Waals surface area contributed by atoms with E-state index < -0.39 is 29.4 Å². The Bertz CT molecular complexity index is 1120. The molecule has 7 nitrogen and oxygen atoms in total. The van der Waals surface area contributed by atoms with Gasteiger partial charge >= 0.3 is 11.6 Å². The Labute approximate surface area is 171 Å². The Kier molecular flexibility index (Phi) is 6.46. The number of hydrogen-bond acceptors (Lipinski definition) is 6. The van der Waals surface area contributed by atoms with Crippen molar-refractivity contribution in [2.24, 2.45) is 0 Å². The molecule has 1 atom stereocenters. The van der Waals surface area contributed by atoms with Crippen molar-refractivity contribution in [1.82, 2.24) is 5.32 Å². The van der Waals surface area contributed by atoms with Gasteiger partial charge in [0.05, 0.1) is 20.6 Å². The number of rotatable bonds is 7. The summed E-state index contributed by atoms with van der Waals surface area (Å²) in [7, 11) is 2.71. The normalized spacial score (nSPS) is 11.7. The Hall–Kier alpha value is -3.68. The van der Waals surface area contributed by atoms with Crippen LogP contribution in [-0.4, -0.2) is 32.1 Å². The van der Waals surface area contributed by atoms with Crippen LogP contribution in [0.15, 0.2) is 57.7 Å². The lowest BCUT2D eigenvalue weighted by Gasteiger charge is -2.17. The molecular weight excluding hydrogens is 393 g/mol. The van der Waals surface area contributed by atoms with E-state index in [1.807, 2.05) is 0 Å². The zero-order valence-corrected chi connectivity index (χ0v) is 16.4. The molecule has 0 aliphatic carbocycles. The zero-order valence-electron chi connectivity index (χ0n) is 16.4. The number of carbonyl (C=O) groups is 2. The highest BCUT2D eigenvalue weighted by atomic mass is 19.1. The second kappa shape index (κ2) is 9.21. The van der Waals surface area contributed by atoms with E-state index in [2.05, 4.69) is 5.32 Å². The van der Waals surface area contributed by atoms with Crippen LogP contribution in [0.5, 0.6) is 5.75 Å². The fourth-order valence-electron chi connectivity index (χ4n) is 3.09. The number of ether oxygens (including phenoxy) is 2. The van der Waals surface area contributed by atoms with Gasteiger partial charge in [0.2, 0.25) is 5.91 Å². The van der Waals surface area contributed by atoms with Crippen LogP contribution in [0.25, 0.3) is 11.0 Å². The maximum atomic E-state index is 13.0. The molecule has 3 rings (SSSR count). The summed E-state index contributed by atoms with van der Waals surface area (Å²) < 4.78 is 28.2. The molecular formula is C22H20FNO6. The van der Waals surface area contributed by atoms with Crippen LogP contribution in [-0.2, 0) is 27.2 Å². The fraction of sp³-hybridized carbons (Fsp3) is 0.227. The number of halogens is 1. The van der Waals surface area contributed by atoms with Gasteiger partial charge in [-0.05, 0) is 35.4 Å². The van der Waals surface area contributed by atoms with Crippen molar-refractivity contribution in [2.45, 2.75) is 18.9 Å². The molecule has 1 aromatic heterocycles. The lowest BCUT2D eigenvalue weighted by atomic mass is 10.0. The average molecular weight is 413 g/mol. The van der Waals surface area contributed by atoms with E-state index in [-0.39, 0.29) is 12.8 Å². The van der Waals surface area contributed by atoms with Crippen molar-refractivity contribution in [3.8, 4) is 5.75 Å². The van der Waals surface area contributed by atoms with Crippen LogP contribution in [0.2, 0.25) is 0 Å². The molecule has 30 heavy (non-hydrogen) atoms. The zero-order chi connectivity index (χ0) is 21.7. The van der Waals surface area contributed by atoms with Gasteiger partial charge in [-0.3, -0.25) is 4.79 Å². The lowest BCUT2D eigenvalue weighted by Crippen LogP contribution is -2.43. The quantitative estimate of drug-likeness (QED) is 0.472. The van der Waals surface area contributed by atoms with Crippen molar-refractivity contribution in [1.29, 1.82) is 0 Å². The minimum Gasteiger partial charge on any atom is -0.497 e. The summed E-state index contributed by atoms with van der Waals surface area (Å²) >= 11 is 0. The predicted octanol–water partition coefficient (Wildman–Crippen LogP) is 2.38. The topological polar surface area (TPSA) is 94.8 Å². The Morgan fingerprint density at radius 3 is 2.50 bits per heavy atom. The molecule has 0 aliphatic rings. The second-order valence-corrected chi connectivity index (χ2v) is 6.60. The summed E-state index contributed by atoms with van der Waals surface area (Å²) in [6.07, 6.45) is -0.0150. The van der Waals surface area contributed by atoms with Gasteiger partial charge in [-0.2, -0.15) is 0 Å². The third kappa shape index (κ3) is 5.02. The van der Waals surface area contributed by atoms with Crippen molar-refractivity contribution < 1.29 is 27.9 Å². The van der Waals surface area contributed by atoms with Crippen molar-refractivity contribution >= 4 is 22.8 Å². The number of esters is 1. The molecule has 0 radical (unpaired) electrons. The maximum absolute atomic E-state index is 13.0. The standard InChI is InChI=1S/C22H20FNO6/c1-28-16-7-8-17-14(11-21(26)30-19(17)12-16)10-18(22(27)29-2)24-20(25)9-13-3-5-15(23)6-4-13/h3-8,11-12,18H,9-10H2,1-2H3,(H,24,25)/t18-/m1/s1. The highest BCUT2D eigenvalue weighted by Gasteiger charge is 2.23. The summed E-state index contributed by atoms with van der Waals surface area (Å²) in [4.78, 5) is 36.7. The molecule has 1 N–H and O–H groups in total. The SMILES string of the molecule is COC(=O)[C@@H](Cc1cc(=O)oc2cc(OC)ccc12)NC(=O)Cc1ccc(F)cc1. The van der Waals surface area contributed by atoms with Gasteiger partial charge in [0.1, 0.15) is 23.2 Å². The molecule has 0 unspecified atom stereocenters. The van der Waals surface area contributed by atoms with Crippen LogP contribution >= 0.6 is 0 Å². The van der Waals surface area contributed by atoms with Gasteiger partial charge in [0, 0.05) is 23.9 Å². The fourth-order valence-corrected chi connectivity index (χ4v) is 3.09. The Balaban J connectivity index is 1.84. The Morgan fingerprint density at radius 1 is 1.10 bits per heavy atom. The molecule has 156 valence electrons. The van der Waals surface area contributed by atoms with Gasteiger partial charge in [0.25, 0.3) is 0 Å². The van der Waals surface area contributed by atoms with E-state index in [4.69, 9.17) is 13.9 Å². The van der Waals surface area contributed by atoms with E-state index >= 15 is 0 Å². The van der Waals surface area contributed by atoms with Crippen LogP contribution in [0.1, 0.15) is 11.1 Å². The molecule has 0 fully saturated rings. The van der Waals surface area contributed by atoms with Crippen LogP contribution in [0, 0.1) is 5.82 Å². The van der Waals surface area contributed by atoms with Crippen molar-refractivity contribution in [3.05, 3.63) is 75.9 Å². The molecule has 0 bridgehead atoms. The minimum atomic E-state index is -1.02. The molecule has 8 heteroatoms. The van der Waals surface area contributed by atoms with Gasteiger partial charge < -0.3 is 19.2 Å². The smallest absolute Gasteiger partial charge is 0.336 e. The highest BCUT2D eigenvalue weighted by Crippen LogP contribution is 2.23. The van der Waals surface area contributed by atoms with E-state index in [1.165, 1.54) is 44.6 Å². The molecule has 1 amide bonds. The summed E-state index contributed by atoms with van der Waals surface area (Å²) in [5.74, 6) is -0.985. The number of nitrogens with one attached hydrogen (secondary N) is 1. The third-order valence-electron chi connectivity index (χ3n) is 4.56. The van der Waals surface area contributed by atoms with Gasteiger partial charge in [-0.25, -0.2) is 14.0 Å². The summed E-state index contributed by atoms with van der Waals surface area (Å²) in [5, 5.41) is 3.23. The van der Waals surface area contributed by atoms with Crippen LogP contribution < -0.4 is 15.7 Å². The van der Waals surface area contributed by atoms with Gasteiger partial charge in [-0.1, -0.05) is 12.1 Å². The maximum Gasteiger partial charge on any atom is 0.336 e. The van der Waals surface area contributed by atoms with Crippen molar-refractivity contribution in [2.75, 3.05) is 14.2 Å². The monoisotopic (exact) mass is 413 g/mol. The van der Waals surface area contributed by atoms with E-state index in [9.17, 15) is 18.8 Å². The number of benzene rings is 2. The lowest BCUT2D eigenvalue weighted by molar-refractivity contribution is -0.145. The first-order valence-electron chi connectivity index (χ1n) is 9.12. The summed E-state index contributed by atoms with van der Waals surface area (Å²) in [5.41, 5.74) is 0.821. The molecule has 3 aromatic rings. The van der Waals surface area contributed by atoms with Crippen molar-refractivity contribution in [3.63, 3.8) is 0 Å². The van der Waals surface area contributed by atoms with Gasteiger partial charge in [0.15, 0.2) is 0 Å². The molecule has 0 aliphatic heterocycles. The predicted molar refractivity (Wildman–Crippen MR) is 107 cm³/mol. The number of methoxy groups -OCH3 is 2. The average Bonchev–Trinajstić information content (AvgIpc) is 2.73. The van der Waals surface area contributed by atoms with E-state index in [0.29, 0.717) is 27.8 Å². The van der Waals surface area contributed by atoms with Crippen LogP contribution in [0.4, 0.5) is 4.39 Å². The summed E-state index contributed by atoms with van der Waals surface area (Å²) in [6, 6.07) is 10.7.